The molecule has 68 valence electrons. The molecular weight excluding hydrogens is 160 g/mol. The van der Waals surface area contributed by atoms with Crippen molar-refractivity contribution in [1.29, 1.82) is 0 Å². The number of hydrogen-bond acceptors (Lipinski definition) is 5. The van der Waals surface area contributed by atoms with Gasteiger partial charge in [0.05, 0.1) is 5.41 Å². The fraction of sp³-hybridized carbons (Fsp3) is 0.714. The highest BCUT2D eigenvalue weighted by Crippen LogP contribution is 2.16. The molecule has 1 aliphatic rings. The maximum absolute atomic E-state index is 11.2. The zero-order valence-corrected chi connectivity index (χ0v) is 7.40. The smallest absolute Gasteiger partial charge is 0.339 e. The van der Waals surface area contributed by atoms with Crippen LogP contribution in [0.1, 0.15) is 20.8 Å². The number of carbonyl (C=O) groups is 1. The molecule has 0 aromatic heterocycles. The van der Waals surface area contributed by atoms with Crippen molar-refractivity contribution in [3.63, 3.8) is 0 Å². The van der Waals surface area contributed by atoms with Crippen LogP contribution in [0.2, 0.25) is 0 Å². The summed E-state index contributed by atoms with van der Waals surface area (Å²) >= 11 is 0. The van der Waals surface area contributed by atoms with Crippen LogP contribution < -0.4 is 0 Å². The third kappa shape index (κ3) is 2.11. The number of hydroxylamine groups is 1. The molecule has 5 heteroatoms. The van der Waals surface area contributed by atoms with Crippen molar-refractivity contribution < 1.29 is 14.4 Å². The number of hydrazone groups is 1. The number of hydrogen-bond donors (Lipinski definition) is 0. The largest absolute Gasteiger partial charge is 0.456 e. The van der Waals surface area contributed by atoms with Gasteiger partial charge in [-0.25, -0.2) is 4.79 Å². The van der Waals surface area contributed by atoms with Crippen LogP contribution in [0.4, 0.5) is 0 Å². The molecule has 1 rings (SSSR count). The lowest BCUT2D eigenvalue weighted by Gasteiger charge is -2.18. The Bertz CT molecular complexity index is 207. The Hall–Kier alpha value is -1.26. The van der Waals surface area contributed by atoms with E-state index in [0.717, 1.165) is 5.17 Å². The first-order chi connectivity index (χ1) is 5.50. The molecule has 0 fully saturated rings. The predicted octanol–water partition coefficient (Wildman–Crippen LogP) is 0.724. The highest BCUT2D eigenvalue weighted by molar-refractivity contribution is 5.75. The second-order valence-corrected chi connectivity index (χ2v) is 3.50. The van der Waals surface area contributed by atoms with E-state index in [2.05, 4.69) is 5.10 Å². The van der Waals surface area contributed by atoms with Crippen LogP contribution in [0.25, 0.3) is 0 Å². The fourth-order valence-electron chi connectivity index (χ4n) is 0.499. The monoisotopic (exact) mass is 172 g/mol. The number of carbonyl (C=O) groups excluding carboxylic acids is 1. The van der Waals surface area contributed by atoms with Crippen LogP contribution in [-0.2, 0) is 14.4 Å². The summed E-state index contributed by atoms with van der Waals surface area (Å²) in [6.07, 6.45) is 1.23. The van der Waals surface area contributed by atoms with E-state index in [9.17, 15) is 4.79 Å². The Morgan fingerprint density at radius 1 is 1.67 bits per heavy atom. The van der Waals surface area contributed by atoms with E-state index >= 15 is 0 Å². The molecule has 1 heterocycles. The lowest BCUT2D eigenvalue weighted by Crippen LogP contribution is -2.29. The Labute approximate surface area is 70.9 Å². The lowest BCUT2D eigenvalue weighted by atomic mass is 9.98. The standard InChI is InChI=1S/C7H12N2O3/c1-7(2,3)6(10)12-9-5-11-4-8-9/h4H,5H2,1-3H3. The SMILES string of the molecule is CC(C)(C)C(=O)ON1COC=N1. The average molecular weight is 172 g/mol. The van der Waals surface area contributed by atoms with Crippen LogP contribution in [0.5, 0.6) is 0 Å². The molecule has 0 unspecified atom stereocenters. The van der Waals surface area contributed by atoms with Crippen molar-refractivity contribution >= 4 is 12.4 Å². The van der Waals surface area contributed by atoms with Crippen LogP contribution >= 0.6 is 0 Å². The van der Waals surface area contributed by atoms with Crippen LogP contribution in [0, 0.1) is 5.41 Å². The van der Waals surface area contributed by atoms with Crippen LogP contribution in [-0.4, -0.2) is 24.3 Å². The van der Waals surface area contributed by atoms with Crippen LogP contribution in [0.3, 0.4) is 0 Å². The van der Waals surface area contributed by atoms with Gasteiger partial charge in [0.15, 0.2) is 6.40 Å². The third-order valence-corrected chi connectivity index (χ3v) is 1.24. The molecule has 0 amide bonds. The van der Waals surface area contributed by atoms with Crippen molar-refractivity contribution in [3.05, 3.63) is 0 Å². The summed E-state index contributed by atoms with van der Waals surface area (Å²) < 4.78 is 4.73. The molecule has 0 saturated carbocycles. The van der Waals surface area contributed by atoms with E-state index in [1.165, 1.54) is 6.40 Å². The summed E-state index contributed by atoms with van der Waals surface area (Å²) in [6.45, 7) is 5.49. The first-order valence-electron chi connectivity index (χ1n) is 3.64. The summed E-state index contributed by atoms with van der Waals surface area (Å²) in [5, 5.41) is 4.74. The predicted molar refractivity (Wildman–Crippen MR) is 41.8 cm³/mol. The lowest BCUT2D eigenvalue weighted by molar-refractivity contribution is -0.207. The van der Waals surface area contributed by atoms with Gasteiger partial charge in [0.2, 0.25) is 6.73 Å². The highest BCUT2D eigenvalue weighted by Gasteiger charge is 2.26. The first kappa shape index (κ1) is 8.83. The fourth-order valence-corrected chi connectivity index (χ4v) is 0.499. The maximum Gasteiger partial charge on any atom is 0.339 e. The Balaban J connectivity index is 2.41. The van der Waals surface area contributed by atoms with E-state index in [-0.39, 0.29) is 12.7 Å². The molecule has 0 spiro atoms. The molecule has 0 atom stereocenters. The van der Waals surface area contributed by atoms with E-state index in [0.29, 0.717) is 0 Å². The maximum atomic E-state index is 11.2. The van der Waals surface area contributed by atoms with Crippen LogP contribution in [0.15, 0.2) is 5.10 Å². The molecule has 0 saturated heterocycles. The topological polar surface area (TPSA) is 51.1 Å². The molecular formula is C7H12N2O3. The van der Waals surface area contributed by atoms with Gasteiger partial charge in [-0.1, -0.05) is 5.17 Å². The molecule has 0 aromatic rings. The number of rotatable bonds is 1. The number of ether oxygens (including phenoxy) is 1. The Kier molecular flexibility index (Phi) is 2.21. The minimum atomic E-state index is -0.516. The van der Waals surface area contributed by atoms with Gasteiger partial charge in [-0.15, -0.1) is 5.10 Å². The Morgan fingerprint density at radius 2 is 2.33 bits per heavy atom. The van der Waals surface area contributed by atoms with Gasteiger partial charge in [0.25, 0.3) is 0 Å². The normalized spacial score (nSPS) is 16.1. The van der Waals surface area contributed by atoms with E-state index in [1.807, 2.05) is 0 Å². The van der Waals surface area contributed by atoms with E-state index in [1.54, 1.807) is 20.8 Å². The van der Waals surface area contributed by atoms with Gasteiger partial charge in [0, 0.05) is 0 Å². The molecule has 5 nitrogen and oxygen atoms in total. The average Bonchev–Trinajstić information content (AvgIpc) is 2.37. The van der Waals surface area contributed by atoms with Gasteiger partial charge in [0.1, 0.15) is 0 Å². The molecule has 0 aromatic carbocycles. The van der Waals surface area contributed by atoms with Crippen molar-refractivity contribution in [1.82, 2.24) is 5.17 Å². The highest BCUT2D eigenvalue weighted by atomic mass is 16.8. The van der Waals surface area contributed by atoms with Crippen molar-refractivity contribution in [2.75, 3.05) is 6.73 Å². The van der Waals surface area contributed by atoms with E-state index < -0.39 is 5.41 Å². The third-order valence-electron chi connectivity index (χ3n) is 1.24. The zero-order valence-electron chi connectivity index (χ0n) is 7.40. The first-order valence-corrected chi connectivity index (χ1v) is 3.64. The minimum absolute atomic E-state index is 0.168. The molecule has 0 bridgehead atoms. The van der Waals surface area contributed by atoms with Crippen molar-refractivity contribution in [2.24, 2.45) is 10.5 Å². The summed E-state index contributed by atoms with van der Waals surface area (Å²) in [4.78, 5) is 16.1. The second kappa shape index (κ2) is 3.00. The molecule has 0 N–H and O–H groups in total. The van der Waals surface area contributed by atoms with Crippen molar-refractivity contribution in [3.8, 4) is 0 Å². The van der Waals surface area contributed by atoms with Gasteiger partial charge in [-0.05, 0) is 20.8 Å². The Morgan fingerprint density at radius 3 is 2.75 bits per heavy atom. The summed E-state index contributed by atoms with van der Waals surface area (Å²) in [7, 11) is 0. The zero-order chi connectivity index (χ0) is 9.19. The molecule has 1 aliphatic heterocycles. The van der Waals surface area contributed by atoms with Gasteiger partial charge < -0.3 is 9.57 Å². The molecule has 12 heavy (non-hydrogen) atoms. The van der Waals surface area contributed by atoms with Gasteiger partial charge >= 0.3 is 5.97 Å². The summed E-state index contributed by atoms with van der Waals surface area (Å²) in [5.41, 5.74) is -0.516. The number of nitrogens with zero attached hydrogens (tertiary/aromatic N) is 2. The van der Waals surface area contributed by atoms with Crippen molar-refractivity contribution in [2.45, 2.75) is 20.8 Å². The second-order valence-electron chi connectivity index (χ2n) is 3.50. The molecule has 0 aliphatic carbocycles. The van der Waals surface area contributed by atoms with Gasteiger partial charge in [-0.2, -0.15) is 0 Å². The van der Waals surface area contributed by atoms with E-state index in [4.69, 9.17) is 9.57 Å². The quantitative estimate of drug-likeness (QED) is 0.585. The van der Waals surface area contributed by atoms with Gasteiger partial charge in [-0.3, -0.25) is 0 Å². The summed E-state index contributed by atoms with van der Waals surface area (Å²) in [6, 6.07) is 0. The summed E-state index contributed by atoms with van der Waals surface area (Å²) in [5.74, 6) is -0.329. The minimum Gasteiger partial charge on any atom is -0.456 e. The molecule has 0 radical (unpaired) electrons.